The lowest BCUT2D eigenvalue weighted by Gasteiger charge is -2.51. The molecule has 0 aromatic carbocycles. The molecule has 0 aromatic heterocycles. The zero-order valence-electron chi connectivity index (χ0n) is 59.9. The number of aliphatic hydroxyl groups excluding tert-OH is 24. The van der Waals surface area contributed by atoms with Crippen LogP contribution in [0.1, 0.15) is 34.6 Å². The Morgan fingerprint density at radius 2 is 0.559 bits per heavy atom. The number of ether oxygens (including phenoxy) is 17. The Morgan fingerprint density at radius 3 is 1.03 bits per heavy atom. The first-order valence-corrected chi connectivity index (χ1v) is 35.5. The molecule has 45 atom stereocenters. The summed E-state index contributed by atoms with van der Waals surface area (Å²) in [6.07, 6.45) is -83.2. The Labute approximate surface area is 629 Å². The summed E-state index contributed by atoms with van der Waals surface area (Å²) < 4.78 is 101. The maximum absolute atomic E-state index is 13.2. The zero-order valence-corrected chi connectivity index (χ0v) is 59.9. The summed E-state index contributed by atoms with van der Waals surface area (Å²) in [5.41, 5.74) is 0. The predicted molar refractivity (Wildman–Crippen MR) is 342 cm³/mol. The Morgan fingerprint density at radius 1 is 0.252 bits per heavy atom. The average Bonchev–Trinajstić information content (AvgIpc) is 0.774. The topological polar surface area (TPSA) is 759 Å². The van der Waals surface area contributed by atoms with Gasteiger partial charge < -0.3 is 224 Å². The number of carbonyl (C=O) groups is 4. The molecule has 9 fully saturated rings. The fourth-order valence-corrected chi connectivity index (χ4v) is 14.3. The second-order valence-electron chi connectivity index (χ2n) is 28.2. The van der Waals surface area contributed by atoms with Gasteiger partial charge in [-0.1, -0.05) is 0 Å². The van der Waals surface area contributed by atoms with Crippen molar-refractivity contribution in [2.45, 2.75) is 311 Å². The third-order valence-electron chi connectivity index (χ3n) is 20.3. The van der Waals surface area contributed by atoms with E-state index >= 15 is 0 Å². The van der Waals surface area contributed by atoms with Crippen molar-refractivity contribution in [1.29, 1.82) is 0 Å². The van der Waals surface area contributed by atoms with E-state index in [0.29, 0.717) is 0 Å². The van der Waals surface area contributed by atoms with Gasteiger partial charge >= 0.3 is 0 Å². The highest BCUT2D eigenvalue weighted by molar-refractivity contribution is 5.74. The molecule has 0 unspecified atom stereocenters. The molecule has 49 nitrogen and oxygen atoms in total. The highest BCUT2D eigenvalue weighted by atomic mass is 16.8. The smallest absolute Gasteiger partial charge is 0.217 e. The fraction of sp³-hybridized carbons (Fsp3) is 0.935. The molecule has 642 valence electrons. The first kappa shape index (κ1) is 91.1. The van der Waals surface area contributed by atoms with E-state index in [0.717, 1.165) is 27.7 Å². The minimum atomic E-state index is -2.55. The molecule has 0 saturated carbocycles. The van der Waals surface area contributed by atoms with Crippen LogP contribution in [0.25, 0.3) is 0 Å². The summed E-state index contributed by atoms with van der Waals surface area (Å²) in [5.74, 6) is -3.59. The van der Waals surface area contributed by atoms with Crippen LogP contribution in [-0.4, -0.2) is 475 Å². The summed E-state index contributed by atoms with van der Waals surface area (Å²) in [5, 5.41) is 276. The third kappa shape index (κ3) is 20.3. The predicted octanol–water partition coefficient (Wildman–Crippen LogP) is -19.0. The van der Waals surface area contributed by atoms with Crippen LogP contribution in [0.15, 0.2) is 0 Å². The molecule has 111 heavy (non-hydrogen) atoms. The number of hydrogen-bond acceptors (Lipinski definition) is 45. The molecule has 28 N–H and O–H groups in total. The summed E-state index contributed by atoms with van der Waals surface area (Å²) >= 11 is 0. The van der Waals surface area contributed by atoms with Crippen LogP contribution in [0.2, 0.25) is 0 Å². The van der Waals surface area contributed by atoms with Crippen molar-refractivity contribution in [2.24, 2.45) is 0 Å². The van der Waals surface area contributed by atoms with Gasteiger partial charge in [-0.25, -0.2) is 0 Å². The van der Waals surface area contributed by atoms with Gasteiger partial charge in [0, 0.05) is 27.7 Å². The standard InChI is InChI=1S/C62H104N4O45/c1-14-31(77)41(87)45(91)58(97-14)95-13-26-50(38(84)27(54(94)98-26)63-15(2)73)106-56-29(65-17(4)75)39(85)49(24(11-72)103-56)108-60-47(93)51(109-62-53(44(90)35(81)22(9-70)102-62)111-55-28(64-16(3)74)37(83)32(78)19(6-67)99-55)36(82)25(105-60)12-96-61-52(43(89)34(80)21(8-69)101-61)110-57-30(66-18(5)76)40(86)48(23(10-71)104-57)107-59-46(92)42(88)33(79)20(7-68)100-59/h14,19-62,67-72,77-94H,6-13H2,1-5H3,(H,63,73)(H,64,74)(H,65,75)(H,66,76)/t14-,19-,20-,21-,22-,23-,24-,25-,26-,27-,28-,29-,30-,31+,32-,33+,34-,35-,36-,37-,38-,39-,40-,41+,42+,43+,44+,45-,46-,47+,48-,49-,50-,51+,52+,53+,54-,55+,56+,57+,58+,59+,60+,61+,62-/m1/s1. The quantitative estimate of drug-likeness (QED) is 0.0346. The first-order valence-electron chi connectivity index (χ1n) is 35.5. The second kappa shape index (κ2) is 39.7. The lowest BCUT2D eigenvalue weighted by molar-refractivity contribution is -0.396. The van der Waals surface area contributed by atoms with Crippen LogP contribution in [0.4, 0.5) is 0 Å². The molecule has 9 heterocycles. The first-order chi connectivity index (χ1) is 52.4. The average molecular weight is 1630 g/mol. The van der Waals surface area contributed by atoms with E-state index in [1.165, 1.54) is 6.92 Å². The van der Waals surface area contributed by atoms with Crippen molar-refractivity contribution in [1.82, 2.24) is 21.3 Å². The van der Waals surface area contributed by atoms with Gasteiger partial charge in [-0.2, -0.15) is 0 Å². The molecule has 4 amide bonds. The lowest BCUT2D eigenvalue weighted by Crippen LogP contribution is -2.71. The van der Waals surface area contributed by atoms with Crippen LogP contribution in [0.5, 0.6) is 0 Å². The molecular weight excluding hydrogens is 1520 g/mol. The van der Waals surface area contributed by atoms with Gasteiger partial charge in [0.1, 0.15) is 213 Å². The van der Waals surface area contributed by atoms with E-state index in [-0.39, 0.29) is 0 Å². The van der Waals surface area contributed by atoms with Gasteiger partial charge in [-0.05, 0) is 6.92 Å². The Kier molecular flexibility index (Phi) is 32.6. The van der Waals surface area contributed by atoms with Gasteiger partial charge in [0.2, 0.25) is 23.6 Å². The SMILES string of the molecule is CC(=O)N[C@@H]1[C@@H](O)[C@H](O[C@@H]2O[C@H](CO)[C@@H](O[C@@H]3O[C@H](CO[C@H]4O[C@H](CO)[C@@H](O)[C@H](O)[C@@H]4O[C@@H]4O[C@H](CO)[C@@H](O[C@@H]5O[C@H](CO)[C@H](O)[C@H](O)[C@H]5O)[C@H](O)[C@H]4NC(C)=O)[C@@H](O)[C@H](O[C@H]4O[C@H](CO)[C@@H](O)[C@H](O)[C@@H]4O[C@@H]4O[C@H](CO)[C@@H](O)[C@H](O)[C@H]4NC(C)=O)[C@@H]3O)[C@H](O)[C@H]2NC(C)=O)[C@@H](CO[C@H]2O[C@H](C)[C@H](O)[C@H](O)[C@H]2O)O[C@H]1O. The lowest BCUT2D eigenvalue weighted by atomic mass is 9.93. The van der Waals surface area contributed by atoms with Crippen LogP contribution >= 0.6 is 0 Å². The van der Waals surface area contributed by atoms with Gasteiger partial charge in [0.05, 0.1) is 59.0 Å². The van der Waals surface area contributed by atoms with Crippen molar-refractivity contribution in [3.8, 4) is 0 Å². The van der Waals surface area contributed by atoms with Crippen molar-refractivity contribution in [3.05, 3.63) is 0 Å². The maximum atomic E-state index is 13.2. The number of nitrogens with one attached hydrogen (secondary N) is 4. The normalized spacial score (nSPS) is 49.3. The summed E-state index contributed by atoms with van der Waals surface area (Å²) in [6.45, 7) is -3.36. The van der Waals surface area contributed by atoms with Gasteiger partial charge in [-0.3, -0.25) is 19.2 Å². The minimum absolute atomic E-state index is 0.827. The molecule has 0 radical (unpaired) electrons. The Balaban J connectivity index is 1.05. The Hall–Kier alpha value is -3.76. The monoisotopic (exact) mass is 1620 g/mol. The minimum Gasteiger partial charge on any atom is -0.394 e. The molecule has 9 rings (SSSR count). The largest absolute Gasteiger partial charge is 0.394 e. The number of aliphatic hydroxyl groups is 24. The summed E-state index contributed by atoms with van der Waals surface area (Å²) in [6, 6.07) is -7.39. The number of hydrogen-bond donors (Lipinski definition) is 28. The van der Waals surface area contributed by atoms with Crippen LogP contribution in [0, 0.1) is 0 Å². The van der Waals surface area contributed by atoms with Crippen molar-refractivity contribution < 1.29 is 222 Å². The molecule has 49 heteroatoms. The van der Waals surface area contributed by atoms with E-state index in [1.807, 2.05) is 0 Å². The molecule has 9 aliphatic heterocycles. The zero-order chi connectivity index (χ0) is 81.8. The maximum Gasteiger partial charge on any atom is 0.217 e. The Bertz CT molecular complexity index is 2950. The van der Waals surface area contributed by atoms with Crippen molar-refractivity contribution in [3.63, 3.8) is 0 Å². The van der Waals surface area contributed by atoms with Gasteiger partial charge in [0.25, 0.3) is 0 Å². The molecule has 0 aliphatic carbocycles. The van der Waals surface area contributed by atoms with E-state index in [2.05, 4.69) is 21.3 Å². The van der Waals surface area contributed by atoms with E-state index in [9.17, 15) is 142 Å². The third-order valence-corrected chi connectivity index (χ3v) is 20.3. The molecule has 0 aromatic rings. The molecular formula is C62H104N4O45. The fourth-order valence-electron chi connectivity index (χ4n) is 14.3. The molecule has 9 saturated heterocycles. The van der Waals surface area contributed by atoms with Crippen LogP contribution in [-0.2, 0) is 99.7 Å². The van der Waals surface area contributed by atoms with Gasteiger partial charge in [0.15, 0.2) is 56.6 Å². The second-order valence-corrected chi connectivity index (χ2v) is 28.2. The van der Waals surface area contributed by atoms with E-state index in [4.69, 9.17) is 80.5 Å². The highest BCUT2D eigenvalue weighted by Crippen LogP contribution is 2.40. The summed E-state index contributed by atoms with van der Waals surface area (Å²) in [7, 11) is 0. The molecule has 9 aliphatic rings. The van der Waals surface area contributed by atoms with E-state index < -0.39 is 353 Å². The number of rotatable bonds is 28. The van der Waals surface area contributed by atoms with Crippen LogP contribution < -0.4 is 21.3 Å². The van der Waals surface area contributed by atoms with E-state index in [1.54, 1.807) is 0 Å². The number of carbonyl (C=O) groups excluding carboxylic acids is 4. The van der Waals surface area contributed by atoms with Crippen molar-refractivity contribution >= 4 is 23.6 Å². The number of amides is 4. The highest BCUT2D eigenvalue weighted by Gasteiger charge is 2.61. The van der Waals surface area contributed by atoms with Gasteiger partial charge in [-0.15, -0.1) is 0 Å². The molecule has 0 spiro atoms. The van der Waals surface area contributed by atoms with Crippen molar-refractivity contribution in [2.75, 3.05) is 52.9 Å². The van der Waals surface area contributed by atoms with Crippen LogP contribution in [0.3, 0.4) is 0 Å². The molecule has 0 bridgehead atoms. The summed E-state index contributed by atoms with van der Waals surface area (Å²) in [4.78, 5) is 50.9.